The third-order valence-corrected chi connectivity index (χ3v) is 4.70. The summed E-state index contributed by atoms with van der Waals surface area (Å²) in [6.07, 6.45) is 1.76. The number of methoxy groups -OCH3 is 1. The van der Waals surface area contributed by atoms with Gasteiger partial charge in [-0.15, -0.1) is 11.8 Å². The second-order valence-corrected chi connectivity index (χ2v) is 6.55. The highest BCUT2D eigenvalue weighted by Gasteiger charge is 2.18. The number of hydrogen-bond donors (Lipinski definition) is 0. The predicted octanol–water partition coefficient (Wildman–Crippen LogP) is 1.49. The van der Waals surface area contributed by atoms with Gasteiger partial charge in [0.15, 0.2) is 0 Å². The van der Waals surface area contributed by atoms with Crippen LogP contribution in [0.25, 0.3) is 11.0 Å². The Labute approximate surface area is 133 Å². The molecule has 0 aromatic carbocycles. The number of fused-ring (bicyclic) bond motifs is 1. The lowest BCUT2D eigenvalue weighted by Crippen LogP contribution is -2.37. The summed E-state index contributed by atoms with van der Waals surface area (Å²) in [5, 5.41) is 0.511. The Balaban J connectivity index is 2.83. The minimum absolute atomic E-state index is 0.240. The molecule has 0 N–H and O–H groups in total. The number of thioether (sulfide) groups is 1. The molecule has 0 aliphatic rings. The lowest BCUT2D eigenvalue weighted by Gasteiger charge is -2.16. The van der Waals surface area contributed by atoms with Crippen molar-refractivity contribution < 1.29 is 4.74 Å². The molecule has 0 bridgehead atoms. The second-order valence-electron chi connectivity index (χ2n) is 5.44. The van der Waals surface area contributed by atoms with E-state index in [-0.39, 0.29) is 17.2 Å². The normalized spacial score (nSPS) is 11.5. The first-order chi connectivity index (χ1) is 10.4. The Hall–Kier alpha value is -1.60. The summed E-state index contributed by atoms with van der Waals surface area (Å²) in [7, 11) is 4.78. The van der Waals surface area contributed by atoms with Crippen LogP contribution < -0.4 is 11.2 Å². The summed E-state index contributed by atoms with van der Waals surface area (Å²) in [5.74, 6) is 0.977. The van der Waals surface area contributed by atoms with Crippen molar-refractivity contribution in [2.75, 3.05) is 19.5 Å². The fraction of sp³-hybridized carbons (Fsp3) is 0.533. The van der Waals surface area contributed by atoms with Crippen molar-refractivity contribution in [1.82, 2.24) is 14.1 Å². The minimum Gasteiger partial charge on any atom is -0.384 e. The van der Waals surface area contributed by atoms with Gasteiger partial charge in [0.1, 0.15) is 5.65 Å². The number of hydrogen-bond acceptors (Lipinski definition) is 5. The van der Waals surface area contributed by atoms with E-state index in [1.807, 2.05) is 0 Å². The molecule has 2 aromatic heterocycles. The lowest BCUT2D eigenvalue weighted by atomic mass is 10.0. The minimum atomic E-state index is -0.366. The third-order valence-electron chi connectivity index (χ3n) is 3.60. The lowest BCUT2D eigenvalue weighted by molar-refractivity contribution is 0.218. The third kappa shape index (κ3) is 2.83. The first-order valence-electron chi connectivity index (χ1n) is 7.10. The summed E-state index contributed by atoms with van der Waals surface area (Å²) in [4.78, 5) is 29.9. The van der Waals surface area contributed by atoms with Gasteiger partial charge >= 0.3 is 5.69 Å². The van der Waals surface area contributed by atoms with Crippen LogP contribution in [0.1, 0.15) is 25.3 Å². The molecule has 0 unspecified atom stereocenters. The fourth-order valence-electron chi connectivity index (χ4n) is 2.31. The molecular weight excluding hydrogens is 302 g/mol. The van der Waals surface area contributed by atoms with Crippen molar-refractivity contribution in [2.24, 2.45) is 14.1 Å². The molecule has 0 amide bonds. The first kappa shape index (κ1) is 16.8. The van der Waals surface area contributed by atoms with Gasteiger partial charge in [0.05, 0.1) is 12.0 Å². The quantitative estimate of drug-likeness (QED) is 0.616. The maximum absolute atomic E-state index is 12.6. The molecule has 2 rings (SSSR count). The van der Waals surface area contributed by atoms with Crippen LogP contribution in [-0.2, 0) is 18.8 Å². The van der Waals surface area contributed by atoms with Crippen LogP contribution in [0.15, 0.2) is 20.7 Å². The zero-order valence-electron chi connectivity index (χ0n) is 13.5. The Bertz CT molecular complexity index is 808. The van der Waals surface area contributed by atoms with Crippen molar-refractivity contribution in [2.45, 2.75) is 24.7 Å². The van der Waals surface area contributed by atoms with Gasteiger partial charge in [-0.3, -0.25) is 13.9 Å². The van der Waals surface area contributed by atoms with Gasteiger partial charge in [-0.25, -0.2) is 9.78 Å². The number of aryl methyl sites for hydroxylation is 1. The van der Waals surface area contributed by atoms with Crippen LogP contribution in [-0.4, -0.2) is 33.6 Å². The summed E-state index contributed by atoms with van der Waals surface area (Å²) >= 11 is 1.57. The summed E-state index contributed by atoms with van der Waals surface area (Å²) in [6, 6.07) is 0. The Morgan fingerprint density at radius 1 is 1.27 bits per heavy atom. The number of pyridine rings is 1. The Kier molecular flexibility index (Phi) is 5.08. The summed E-state index contributed by atoms with van der Waals surface area (Å²) in [5.41, 5.74) is 0.782. The molecule has 2 heterocycles. The SMILES string of the molecule is COCCSc1c(C(C)C)cnc2c1c(=O)n(C)c(=O)n2C. The zero-order valence-corrected chi connectivity index (χ0v) is 14.4. The van der Waals surface area contributed by atoms with E-state index >= 15 is 0 Å². The van der Waals surface area contributed by atoms with Gasteiger partial charge in [-0.05, 0) is 11.5 Å². The number of nitrogens with zero attached hydrogens (tertiary/aromatic N) is 3. The van der Waals surface area contributed by atoms with Crippen molar-refractivity contribution in [3.8, 4) is 0 Å². The first-order valence-corrected chi connectivity index (χ1v) is 8.09. The molecule has 0 aliphatic heterocycles. The van der Waals surface area contributed by atoms with Crippen LogP contribution >= 0.6 is 11.8 Å². The van der Waals surface area contributed by atoms with Crippen LogP contribution in [0.4, 0.5) is 0 Å². The molecule has 0 aliphatic carbocycles. The van der Waals surface area contributed by atoms with Crippen LogP contribution in [0, 0.1) is 0 Å². The Morgan fingerprint density at radius 2 is 1.95 bits per heavy atom. The highest BCUT2D eigenvalue weighted by Crippen LogP contribution is 2.32. The summed E-state index contributed by atoms with van der Waals surface area (Å²) < 4.78 is 7.65. The van der Waals surface area contributed by atoms with Gasteiger partial charge in [0.25, 0.3) is 5.56 Å². The fourth-order valence-corrected chi connectivity index (χ4v) is 3.54. The van der Waals surface area contributed by atoms with E-state index in [4.69, 9.17) is 4.74 Å². The molecular formula is C15H21N3O3S. The maximum atomic E-state index is 12.6. The highest BCUT2D eigenvalue weighted by molar-refractivity contribution is 7.99. The standard InChI is InChI=1S/C15H21N3O3S/c1-9(2)10-8-16-13-11(12(10)22-7-6-21-5)14(19)18(4)15(20)17(13)3/h8-9H,6-7H2,1-5H3. The van der Waals surface area contributed by atoms with Crippen molar-refractivity contribution in [3.63, 3.8) is 0 Å². The largest absolute Gasteiger partial charge is 0.384 e. The van der Waals surface area contributed by atoms with Gasteiger partial charge in [0.2, 0.25) is 0 Å². The molecule has 0 fully saturated rings. The molecule has 0 radical (unpaired) electrons. The molecule has 7 heteroatoms. The number of aromatic nitrogens is 3. The molecule has 6 nitrogen and oxygen atoms in total. The van der Waals surface area contributed by atoms with E-state index in [9.17, 15) is 9.59 Å². The van der Waals surface area contributed by atoms with E-state index in [0.717, 1.165) is 20.8 Å². The molecule has 0 saturated carbocycles. The van der Waals surface area contributed by atoms with Gasteiger partial charge in [-0.1, -0.05) is 13.8 Å². The second kappa shape index (κ2) is 6.66. The average Bonchev–Trinajstić information content (AvgIpc) is 2.50. The smallest absolute Gasteiger partial charge is 0.332 e. The van der Waals surface area contributed by atoms with Crippen molar-refractivity contribution in [3.05, 3.63) is 32.6 Å². The number of ether oxygens (including phenoxy) is 1. The van der Waals surface area contributed by atoms with Crippen LogP contribution in [0.5, 0.6) is 0 Å². The zero-order chi connectivity index (χ0) is 16.4. The van der Waals surface area contributed by atoms with Gasteiger partial charge < -0.3 is 4.74 Å². The van der Waals surface area contributed by atoms with Crippen molar-refractivity contribution >= 4 is 22.8 Å². The number of rotatable bonds is 5. The average molecular weight is 323 g/mol. The molecule has 22 heavy (non-hydrogen) atoms. The maximum Gasteiger partial charge on any atom is 0.332 e. The van der Waals surface area contributed by atoms with Crippen LogP contribution in [0.3, 0.4) is 0 Å². The van der Waals surface area contributed by atoms with E-state index in [0.29, 0.717) is 17.6 Å². The van der Waals surface area contributed by atoms with E-state index in [2.05, 4.69) is 18.8 Å². The molecule has 2 aromatic rings. The molecule has 0 spiro atoms. The summed E-state index contributed by atoms with van der Waals surface area (Å²) in [6.45, 7) is 4.73. The van der Waals surface area contributed by atoms with E-state index in [1.165, 1.54) is 11.6 Å². The topological polar surface area (TPSA) is 66.1 Å². The molecule has 120 valence electrons. The highest BCUT2D eigenvalue weighted by atomic mass is 32.2. The van der Waals surface area contributed by atoms with E-state index in [1.54, 1.807) is 32.1 Å². The predicted molar refractivity (Wildman–Crippen MR) is 88.9 cm³/mol. The van der Waals surface area contributed by atoms with Crippen molar-refractivity contribution in [1.29, 1.82) is 0 Å². The molecule has 0 saturated heterocycles. The monoisotopic (exact) mass is 323 g/mol. The van der Waals surface area contributed by atoms with Crippen LogP contribution in [0.2, 0.25) is 0 Å². The van der Waals surface area contributed by atoms with Gasteiger partial charge in [0, 0.05) is 38.1 Å². The van der Waals surface area contributed by atoms with E-state index < -0.39 is 0 Å². The molecule has 0 atom stereocenters. The van der Waals surface area contributed by atoms with Gasteiger partial charge in [-0.2, -0.15) is 0 Å². The Morgan fingerprint density at radius 3 is 2.55 bits per heavy atom.